The van der Waals surface area contributed by atoms with Gasteiger partial charge in [0.05, 0.1) is 25.5 Å². The normalized spacial score (nSPS) is 12.9. The minimum absolute atomic E-state index is 0.0712. The summed E-state index contributed by atoms with van der Waals surface area (Å²) in [4.78, 5) is 0. The second-order valence-electron chi connectivity index (χ2n) is 30.2. The van der Waals surface area contributed by atoms with Crippen LogP contribution in [0.2, 0.25) is 0 Å². The zero-order valence-corrected chi connectivity index (χ0v) is 57.7. The SMILES string of the molecule is C#CCOc1c2cc(C(C)(C)C)cc1Cc1cc(C(C)(C)C)cc(c1OCc1cn(Cc3c4ccccc4cc4ccccc34)nn1)Cc1cc(C(C)(C)C)cc(c1OCC#C)Cc1cc(C(C)(C)C)cc(c1OCc1cn(Cc3c4ccccc4cc4ccccc34)nn1)C2. The molecule has 13 rings (SSSR count). The average Bonchev–Trinajstić information content (AvgIpc) is 0.869. The molecule has 484 valence electrons. The number of benzene rings is 10. The molecule has 0 amide bonds. The second kappa shape index (κ2) is 25.9. The summed E-state index contributed by atoms with van der Waals surface area (Å²) >= 11 is 0. The van der Waals surface area contributed by atoms with Gasteiger partial charge in [0.15, 0.2) is 0 Å². The van der Waals surface area contributed by atoms with Crippen molar-refractivity contribution in [1.29, 1.82) is 0 Å². The molecule has 0 aliphatic heterocycles. The van der Waals surface area contributed by atoms with E-state index in [0.717, 1.165) is 78.6 Å². The molecule has 0 spiro atoms. The van der Waals surface area contributed by atoms with Crippen LogP contribution in [0.1, 0.15) is 172 Å². The van der Waals surface area contributed by atoms with E-state index in [4.69, 9.17) is 52.4 Å². The van der Waals surface area contributed by atoms with Crippen LogP contribution in [-0.2, 0) is 73.6 Å². The summed E-state index contributed by atoms with van der Waals surface area (Å²) in [6, 6.07) is 57.4. The molecular weight excluding hydrogens is 1180 g/mol. The molecule has 1 aliphatic rings. The van der Waals surface area contributed by atoms with Crippen LogP contribution in [0.25, 0.3) is 43.1 Å². The lowest BCUT2D eigenvalue weighted by Crippen LogP contribution is -2.18. The molecular formula is C86H86N6O4. The molecule has 10 heteroatoms. The number of fused-ring (bicyclic) bond motifs is 12. The van der Waals surface area contributed by atoms with Crippen LogP contribution in [0, 0.1) is 24.7 Å². The summed E-state index contributed by atoms with van der Waals surface area (Å²) < 4.78 is 32.6. The maximum Gasteiger partial charge on any atom is 0.148 e. The first-order valence-corrected chi connectivity index (χ1v) is 33.6. The van der Waals surface area contributed by atoms with Crippen molar-refractivity contribution in [3.05, 3.63) is 259 Å². The quantitative estimate of drug-likeness (QED) is 0.0784. The Bertz CT molecular complexity index is 4520. The lowest BCUT2D eigenvalue weighted by atomic mass is 9.79. The largest absolute Gasteiger partial charge is 0.487 e. The fraction of sp³-hybridized carbons (Fsp3) is 0.302. The molecule has 12 aromatic rings. The maximum absolute atomic E-state index is 7.39. The van der Waals surface area contributed by atoms with Gasteiger partial charge in [-0.2, -0.15) is 0 Å². The van der Waals surface area contributed by atoms with Gasteiger partial charge in [-0.05, 0) is 155 Å². The van der Waals surface area contributed by atoms with Gasteiger partial charge in [-0.15, -0.1) is 23.0 Å². The van der Waals surface area contributed by atoms with Crippen molar-refractivity contribution in [2.24, 2.45) is 0 Å². The number of rotatable bonds is 14. The highest BCUT2D eigenvalue weighted by Crippen LogP contribution is 2.45. The van der Waals surface area contributed by atoms with Gasteiger partial charge in [0.25, 0.3) is 0 Å². The van der Waals surface area contributed by atoms with Crippen molar-refractivity contribution in [1.82, 2.24) is 30.0 Å². The molecule has 2 heterocycles. The predicted molar refractivity (Wildman–Crippen MR) is 390 cm³/mol. The maximum atomic E-state index is 7.39. The summed E-state index contributed by atoms with van der Waals surface area (Å²) in [6.07, 6.45) is 18.2. The van der Waals surface area contributed by atoms with Crippen LogP contribution < -0.4 is 18.9 Å². The van der Waals surface area contributed by atoms with Gasteiger partial charge in [0.2, 0.25) is 0 Å². The molecule has 0 fully saturated rings. The van der Waals surface area contributed by atoms with Crippen LogP contribution >= 0.6 is 0 Å². The van der Waals surface area contributed by atoms with E-state index in [1.54, 1.807) is 0 Å². The van der Waals surface area contributed by atoms with E-state index in [2.05, 4.69) is 253 Å². The Labute approximate surface area is 566 Å². The van der Waals surface area contributed by atoms with Gasteiger partial charge in [0, 0.05) is 25.7 Å². The van der Waals surface area contributed by atoms with Crippen molar-refractivity contribution in [2.45, 2.75) is 157 Å². The van der Waals surface area contributed by atoms with Crippen molar-refractivity contribution in [3.8, 4) is 47.7 Å². The number of hydrogen-bond donors (Lipinski definition) is 0. The second-order valence-corrected chi connectivity index (χ2v) is 30.2. The summed E-state index contributed by atoms with van der Waals surface area (Å²) in [5.74, 6) is 8.68. The Kier molecular flexibility index (Phi) is 17.4. The lowest BCUT2D eigenvalue weighted by Gasteiger charge is -2.29. The van der Waals surface area contributed by atoms with E-state index >= 15 is 0 Å². The van der Waals surface area contributed by atoms with E-state index in [1.807, 2.05) is 21.8 Å². The van der Waals surface area contributed by atoms with E-state index in [0.29, 0.717) is 50.2 Å². The van der Waals surface area contributed by atoms with E-state index < -0.39 is 0 Å². The number of nitrogens with zero attached hydrogens (tertiary/aromatic N) is 6. The van der Waals surface area contributed by atoms with Crippen LogP contribution in [-0.4, -0.2) is 43.2 Å². The van der Waals surface area contributed by atoms with Crippen molar-refractivity contribution >= 4 is 43.1 Å². The lowest BCUT2D eigenvalue weighted by molar-refractivity contribution is 0.294. The Morgan fingerprint density at radius 3 is 0.854 bits per heavy atom. The Balaban J connectivity index is 0.974. The molecule has 0 saturated carbocycles. The minimum Gasteiger partial charge on any atom is -0.487 e. The highest BCUT2D eigenvalue weighted by Gasteiger charge is 2.30. The molecule has 0 saturated heterocycles. The monoisotopic (exact) mass is 1270 g/mol. The number of terminal acetylenes is 2. The van der Waals surface area contributed by atoms with Crippen LogP contribution in [0.5, 0.6) is 23.0 Å². The van der Waals surface area contributed by atoms with Crippen LogP contribution in [0.3, 0.4) is 0 Å². The topological polar surface area (TPSA) is 98.3 Å². The molecule has 0 N–H and O–H groups in total. The third-order valence-electron chi connectivity index (χ3n) is 18.9. The fourth-order valence-electron chi connectivity index (χ4n) is 13.7. The highest BCUT2D eigenvalue weighted by molar-refractivity contribution is 6.03. The number of hydrogen-bond acceptors (Lipinski definition) is 8. The number of aromatic nitrogens is 6. The molecule has 96 heavy (non-hydrogen) atoms. The third kappa shape index (κ3) is 13.6. The summed E-state index contributed by atoms with van der Waals surface area (Å²) in [7, 11) is 0. The van der Waals surface area contributed by atoms with Gasteiger partial charge >= 0.3 is 0 Å². The van der Waals surface area contributed by atoms with Gasteiger partial charge < -0.3 is 18.9 Å². The molecule has 0 unspecified atom stereocenters. The summed E-state index contributed by atoms with van der Waals surface area (Å²) in [5.41, 5.74) is 15.4. The van der Waals surface area contributed by atoms with Crippen molar-refractivity contribution in [3.63, 3.8) is 0 Å². The zero-order valence-electron chi connectivity index (χ0n) is 57.7. The standard InChI is InChI=1S/C86H86N6O4/c1-15-33-93-79-59-37-63-45-69(85(9,10)11)47-65(81(63)95-53-71-49-91(89-87-71)51-77-73-29-21-17-25-55(73)35-56-26-18-22-30-74(56)77)39-61-43-68(84(6,7)8)44-62(80(61)94-34-16-2)40-66-48-70(86(12,13)14)46-64(38-60(79)42-67(41-59)83(3,4)5)82(66)96-54-72-50-92(90-88-72)52-78-75-31-23-19-27-57(75)36-58-28-20-24-32-76(58)78/h1-2,17-32,35-36,41-50H,33-34,37-40,51-54H2,3-14H3. The molecule has 1 aliphatic carbocycles. The third-order valence-corrected chi connectivity index (χ3v) is 18.9. The highest BCUT2D eigenvalue weighted by atomic mass is 16.5. The first-order chi connectivity index (χ1) is 45.9. The van der Waals surface area contributed by atoms with Gasteiger partial charge in [-0.1, -0.05) is 251 Å². The number of ether oxygens (including phenoxy) is 4. The first kappa shape index (κ1) is 64.5. The van der Waals surface area contributed by atoms with E-state index in [9.17, 15) is 0 Å². The smallest absolute Gasteiger partial charge is 0.148 e. The zero-order chi connectivity index (χ0) is 67.3. The van der Waals surface area contributed by atoms with Gasteiger partial charge in [0.1, 0.15) is 60.8 Å². The van der Waals surface area contributed by atoms with Gasteiger partial charge in [-0.3, -0.25) is 0 Å². The Morgan fingerprint density at radius 1 is 0.354 bits per heavy atom. The van der Waals surface area contributed by atoms with E-state index in [1.165, 1.54) is 65.3 Å². The minimum atomic E-state index is -0.263. The van der Waals surface area contributed by atoms with Crippen molar-refractivity contribution in [2.75, 3.05) is 13.2 Å². The molecule has 0 atom stereocenters. The van der Waals surface area contributed by atoms with E-state index in [-0.39, 0.29) is 48.1 Å². The Hall–Kier alpha value is -10.2. The average molecular weight is 1270 g/mol. The first-order valence-electron chi connectivity index (χ1n) is 33.6. The summed E-state index contributed by atoms with van der Waals surface area (Å²) in [6.45, 7) is 28.8. The Morgan fingerprint density at radius 2 is 0.604 bits per heavy atom. The summed E-state index contributed by atoms with van der Waals surface area (Å²) in [5, 5.41) is 28.6. The molecule has 10 nitrogen and oxygen atoms in total. The van der Waals surface area contributed by atoms with Crippen LogP contribution in [0.4, 0.5) is 0 Å². The molecule has 2 aromatic heterocycles. The fourth-order valence-corrected chi connectivity index (χ4v) is 13.7. The van der Waals surface area contributed by atoms with Crippen molar-refractivity contribution < 1.29 is 18.9 Å². The molecule has 10 aromatic carbocycles. The predicted octanol–water partition coefficient (Wildman–Crippen LogP) is 18.6. The van der Waals surface area contributed by atoms with Crippen LogP contribution in [0.15, 0.2) is 170 Å². The molecule has 0 radical (unpaired) electrons. The molecule has 8 bridgehead atoms. The van der Waals surface area contributed by atoms with Gasteiger partial charge in [-0.25, -0.2) is 9.36 Å².